The normalized spacial score (nSPS) is 11.7. The molecule has 3 aromatic rings. The zero-order chi connectivity index (χ0) is 16.1. The van der Waals surface area contributed by atoms with Gasteiger partial charge in [0, 0.05) is 36.2 Å². The van der Waals surface area contributed by atoms with E-state index in [-0.39, 0.29) is 0 Å². The van der Waals surface area contributed by atoms with Crippen LogP contribution < -0.4 is 10.6 Å². The largest absolute Gasteiger partial charge is 0.352 e. The van der Waals surface area contributed by atoms with Crippen LogP contribution in [-0.2, 0) is 13.1 Å². The van der Waals surface area contributed by atoms with Crippen LogP contribution in [0.3, 0.4) is 0 Å². The minimum absolute atomic E-state index is 0.672. The van der Waals surface area contributed by atoms with Gasteiger partial charge in [-0.15, -0.1) is 11.3 Å². The van der Waals surface area contributed by atoms with Crippen LogP contribution in [0.5, 0.6) is 0 Å². The highest BCUT2D eigenvalue weighted by atomic mass is 32.1. The van der Waals surface area contributed by atoms with Gasteiger partial charge in [-0.2, -0.15) is 0 Å². The first-order valence-corrected chi connectivity index (χ1v) is 8.26. The number of hydrogen-bond acceptors (Lipinski definition) is 4. The van der Waals surface area contributed by atoms with Gasteiger partial charge >= 0.3 is 0 Å². The Labute approximate surface area is 139 Å². The van der Waals surface area contributed by atoms with Crippen molar-refractivity contribution in [2.75, 3.05) is 7.05 Å². The minimum Gasteiger partial charge on any atom is -0.352 e. The lowest BCUT2D eigenvalue weighted by Crippen LogP contribution is -2.36. The van der Waals surface area contributed by atoms with E-state index in [2.05, 4.69) is 56.8 Å². The lowest BCUT2D eigenvalue weighted by Gasteiger charge is -2.12. The predicted octanol–water partition coefficient (Wildman–Crippen LogP) is 2.86. The maximum atomic E-state index is 4.47. The number of fused-ring (bicyclic) bond motifs is 1. The smallest absolute Gasteiger partial charge is 0.191 e. The SMILES string of the molecule is CN=C(NCc1ncc(C)s1)NCc1cccc2cccnc12. The fourth-order valence-electron chi connectivity index (χ4n) is 2.35. The van der Waals surface area contributed by atoms with Crippen molar-refractivity contribution in [2.24, 2.45) is 4.99 Å². The summed E-state index contributed by atoms with van der Waals surface area (Å²) in [5, 5.41) is 8.81. The van der Waals surface area contributed by atoms with Gasteiger partial charge < -0.3 is 10.6 Å². The maximum absolute atomic E-state index is 4.47. The predicted molar refractivity (Wildman–Crippen MR) is 95.6 cm³/mol. The lowest BCUT2D eigenvalue weighted by atomic mass is 10.1. The number of pyridine rings is 1. The van der Waals surface area contributed by atoms with E-state index in [1.54, 1.807) is 18.4 Å². The molecule has 2 heterocycles. The molecule has 0 saturated carbocycles. The Balaban J connectivity index is 1.63. The molecule has 118 valence electrons. The van der Waals surface area contributed by atoms with Gasteiger partial charge in [0.05, 0.1) is 12.1 Å². The molecule has 3 rings (SSSR count). The summed E-state index contributed by atoms with van der Waals surface area (Å²) in [4.78, 5) is 14.3. The van der Waals surface area contributed by atoms with Gasteiger partial charge in [-0.25, -0.2) is 4.98 Å². The summed E-state index contributed by atoms with van der Waals surface area (Å²) in [5.74, 6) is 0.755. The molecule has 0 aliphatic heterocycles. The molecule has 0 atom stereocenters. The van der Waals surface area contributed by atoms with Crippen LogP contribution in [0.4, 0.5) is 0 Å². The van der Waals surface area contributed by atoms with Crippen molar-refractivity contribution in [2.45, 2.75) is 20.0 Å². The molecule has 6 heteroatoms. The van der Waals surface area contributed by atoms with Crippen LogP contribution in [-0.4, -0.2) is 23.0 Å². The molecule has 0 spiro atoms. The monoisotopic (exact) mass is 325 g/mol. The van der Waals surface area contributed by atoms with E-state index < -0.39 is 0 Å². The van der Waals surface area contributed by atoms with Gasteiger partial charge in [-0.3, -0.25) is 9.98 Å². The molecule has 0 aliphatic rings. The fourth-order valence-corrected chi connectivity index (χ4v) is 3.08. The number of guanidine groups is 1. The molecule has 0 saturated heterocycles. The molecule has 0 amide bonds. The fraction of sp³-hybridized carbons (Fsp3) is 0.235. The highest BCUT2D eigenvalue weighted by molar-refractivity contribution is 7.11. The van der Waals surface area contributed by atoms with Crippen molar-refractivity contribution >= 4 is 28.2 Å². The van der Waals surface area contributed by atoms with Crippen molar-refractivity contribution < 1.29 is 0 Å². The highest BCUT2D eigenvalue weighted by Crippen LogP contribution is 2.15. The second-order valence-corrected chi connectivity index (χ2v) is 6.46. The lowest BCUT2D eigenvalue weighted by molar-refractivity contribution is 0.807. The molecular formula is C17H19N5S. The van der Waals surface area contributed by atoms with Gasteiger partial charge in [0.15, 0.2) is 5.96 Å². The van der Waals surface area contributed by atoms with Crippen LogP contribution in [0, 0.1) is 6.92 Å². The Morgan fingerprint density at radius 1 is 1.13 bits per heavy atom. The molecule has 5 nitrogen and oxygen atoms in total. The summed E-state index contributed by atoms with van der Waals surface area (Å²) in [7, 11) is 1.77. The molecule has 0 aliphatic carbocycles. The third kappa shape index (κ3) is 3.84. The van der Waals surface area contributed by atoms with Crippen molar-refractivity contribution in [3.63, 3.8) is 0 Å². The quantitative estimate of drug-likeness (QED) is 0.572. The Bertz CT molecular complexity index is 819. The van der Waals surface area contributed by atoms with E-state index in [9.17, 15) is 0 Å². The number of aryl methyl sites for hydroxylation is 1. The summed E-state index contributed by atoms with van der Waals surface area (Å²) in [5.41, 5.74) is 2.17. The molecule has 23 heavy (non-hydrogen) atoms. The second kappa shape index (κ2) is 7.19. The van der Waals surface area contributed by atoms with Gasteiger partial charge in [0.1, 0.15) is 5.01 Å². The van der Waals surface area contributed by atoms with E-state index >= 15 is 0 Å². The summed E-state index contributed by atoms with van der Waals surface area (Å²) < 4.78 is 0. The van der Waals surface area contributed by atoms with Crippen LogP contribution in [0.15, 0.2) is 47.7 Å². The van der Waals surface area contributed by atoms with Crippen LogP contribution in [0.2, 0.25) is 0 Å². The second-order valence-electron chi connectivity index (χ2n) is 5.14. The third-order valence-electron chi connectivity index (χ3n) is 3.46. The van der Waals surface area contributed by atoms with Crippen molar-refractivity contribution in [1.82, 2.24) is 20.6 Å². The number of hydrogen-bond donors (Lipinski definition) is 2. The standard InChI is InChI=1S/C17H19N5S/c1-12-9-20-15(23-12)11-22-17(18-2)21-10-14-6-3-5-13-7-4-8-19-16(13)14/h3-9H,10-11H2,1-2H3,(H2,18,21,22). The molecule has 2 N–H and O–H groups in total. The zero-order valence-corrected chi connectivity index (χ0v) is 14.0. The minimum atomic E-state index is 0.672. The van der Waals surface area contributed by atoms with Gasteiger partial charge in [0.2, 0.25) is 0 Å². The average Bonchev–Trinajstić information content (AvgIpc) is 3.00. The van der Waals surface area contributed by atoms with Crippen LogP contribution in [0.25, 0.3) is 10.9 Å². The number of aliphatic imine (C=N–C) groups is 1. The third-order valence-corrected chi connectivity index (χ3v) is 4.38. The van der Waals surface area contributed by atoms with Crippen molar-refractivity contribution in [3.8, 4) is 0 Å². The summed E-state index contributed by atoms with van der Waals surface area (Å²) >= 11 is 1.69. The van der Waals surface area contributed by atoms with E-state index in [0.29, 0.717) is 13.1 Å². The number of nitrogens with zero attached hydrogens (tertiary/aromatic N) is 3. The molecular weight excluding hydrogens is 306 g/mol. The Kier molecular flexibility index (Phi) is 4.83. The first kappa shape index (κ1) is 15.4. The van der Waals surface area contributed by atoms with Gasteiger partial charge in [-0.1, -0.05) is 24.3 Å². The summed E-state index contributed by atoms with van der Waals surface area (Å²) in [6.45, 7) is 3.40. The van der Waals surface area contributed by atoms with E-state index in [4.69, 9.17) is 0 Å². The Hall–Kier alpha value is -2.47. The first-order chi connectivity index (χ1) is 11.3. The van der Waals surface area contributed by atoms with E-state index in [1.165, 1.54) is 4.88 Å². The van der Waals surface area contributed by atoms with E-state index in [0.717, 1.165) is 27.4 Å². The molecule has 0 radical (unpaired) electrons. The van der Waals surface area contributed by atoms with Crippen molar-refractivity contribution in [3.05, 3.63) is 58.2 Å². The summed E-state index contributed by atoms with van der Waals surface area (Å²) in [6.07, 6.45) is 3.71. The Morgan fingerprint density at radius 3 is 2.74 bits per heavy atom. The van der Waals surface area contributed by atoms with Gasteiger partial charge in [0.25, 0.3) is 0 Å². The van der Waals surface area contributed by atoms with Gasteiger partial charge in [-0.05, 0) is 18.6 Å². The van der Waals surface area contributed by atoms with E-state index in [1.807, 2.05) is 18.5 Å². The molecule has 2 aromatic heterocycles. The average molecular weight is 325 g/mol. The first-order valence-electron chi connectivity index (χ1n) is 7.44. The summed E-state index contributed by atoms with van der Waals surface area (Å²) in [6, 6.07) is 10.2. The number of para-hydroxylation sites is 1. The topological polar surface area (TPSA) is 62.2 Å². The highest BCUT2D eigenvalue weighted by Gasteiger charge is 2.04. The molecule has 0 fully saturated rings. The van der Waals surface area contributed by atoms with Crippen LogP contribution in [0.1, 0.15) is 15.4 Å². The molecule has 0 bridgehead atoms. The number of aromatic nitrogens is 2. The number of thiazole rings is 1. The molecule has 1 aromatic carbocycles. The number of nitrogens with one attached hydrogen (secondary N) is 2. The Morgan fingerprint density at radius 2 is 1.96 bits per heavy atom. The number of rotatable bonds is 4. The zero-order valence-electron chi connectivity index (χ0n) is 13.2. The maximum Gasteiger partial charge on any atom is 0.191 e. The van der Waals surface area contributed by atoms with Crippen LogP contribution >= 0.6 is 11.3 Å². The molecule has 0 unspecified atom stereocenters. The number of benzene rings is 1. The van der Waals surface area contributed by atoms with Crippen molar-refractivity contribution in [1.29, 1.82) is 0 Å².